The molecule has 0 fully saturated rings. The number of nitrogens with two attached hydrogens (primary N) is 1. The van der Waals surface area contributed by atoms with E-state index in [1.165, 1.54) is 0 Å². The number of carbonyl (C=O) groups excluding carboxylic acids is 1. The number of nitrogens with zero attached hydrogens (tertiary/aromatic N) is 2. The SMILES string of the molecule is CCC(C)C(=Nc1cc(C)c(F)c(C)c1)C1=C(N)CCN(C=O)C1. The van der Waals surface area contributed by atoms with Crippen LogP contribution in [0.25, 0.3) is 0 Å². The number of amides is 1. The third-order valence-electron chi connectivity index (χ3n) is 4.63. The van der Waals surface area contributed by atoms with Gasteiger partial charge in [-0.1, -0.05) is 13.8 Å². The molecule has 0 bridgehead atoms. The van der Waals surface area contributed by atoms with E-state index in [0.717, 1.165) is 35.5 Å². The fourth-order valence-corrected chi connectivity index (χ4v) is 2.93. The van der Waals surface area contributed by atoms with Crippen molar-refractivity contribution in [2.24, 2.45) is 16.6 Å². The molecule has 0 aromatic heterocycles. The second kappa shape index (κ2) is 7.60. The van der Waals surface area contributed by atoms with Gasteiger partial charge >= 0.3 is 0 Å². The predicted molar refractivity (Wildman–Crippen MR) is 95.9 cm³/mol. The number of aryl methyl sites for hydroxylation is 2. The highest BCUT2D eigenvalue weighted by Gasteiger charge is 2.23. The van der Waals surface area contributed by atoms with Gasteiger partial charge < -0.3 is 10.6 Å². The van der Waals surface area contributed by atoms with Crippen LogP contribution in [0.5, 0.6) is 0 Å². The molecular weight excluding hydrogens is 305 g/mol. The smallest absolute Gasteiger partial charge is 0.210 e. The van der Waals surface area contributed by atoms with Crippen molar-refractivity contribution in [3.05, 3.63) is 40.3 Å². The number of carbonyl (C=O) groups is 1. The highest BCUT2D eigenvalue weighted by molar-refractivity contribution is 6.04. The van der Waals surface area contributed by atoms with Gasteiger partial charge in [0.05, 0.1) is 11.4 Å². The molecule has 2 rings (SSSR count). The van der Waals surface area contributed by atoms with Crippen LogP contribution >= 0.6 is 0 Å². The van der Waals surface area contributed by atoms with Gasteiger partial charge in [-0.25, -0.2) is 4.39 Å². The summed E-state index contributed by atoms with van der Waals surface area (Å²) < 4.78 is 13.9. The van der Waals surface area contributed by atoms with Crippen molar-refractivity contribution < 1.29 is 9.18 Å². The first-order chi connectivity index (χ1) is 11.4. The quantitative estimate of drug-likeness (QED) is 0.661. The van der Waals surface area contributed by atoms with Crippen molar-refractivity contribution in [2.45, 2.75) is 40.5 Å². The van der Waals surface area contributed by atoms with E-state index in [-0.39, 0.29) is 11.7 Å². The molecule has 24 heavy (non-hydrogen) atoms. The van der Waals surface area contributed by atoms with Crippen LogP contribution in [0.1, 0.15) is 37.8 Å². The van der Waals surface area contributed by atoms with E-state index in [4.69, 9.17) is 10.7 Å². The predicted octanol–water partition coefficient (Wildman–Crippen LogP) is 3.64. The Kier molecular flexibility index (Phi) is 5.75. The standard InChI is InChI=1S/C19H26FN3O/c1-5-12(2)19(16-10-23(11-24)7-6-17(16)21)22-15-8-13(3)18(20)14(4)9-15/h8-9,11-12H,5-7,10,21H2,1-4H3. The maximum atomic E-state index is 13.9. The largest absolute Gasteiger partial charge is 0.402 e. The topological polar surface area (TPSA) is 58.7 Å². The summed E-state index contributed by atoms with van der Waals surface area (Å²) in [7, 11) is 0. The molecule has 1 atom stereocenters. The van der Waals surface area contributed by atoms with Crippen molar-refractivity contribution in [1.29, 1.82) is 0 Å². The second-order valence-corrected chi connectivity index (χ2v) is 6.53. The first kappa shape index (κ1) is 18.2. The number of hydrogen-bond donors (Lipinski definition) is 1. The summed E-state index contributed by atoms with van der Waals surface area (Å²) in [6, 6.07) is 3.50. The molecule has 2 N–H and O–H groups in total. The lowest BCUT2D eigenvalue weighted by molar-refractivity contribution is -0.117. The van der Waals surface area contributed by atoms with Gasteiger partial charge in [0.25, 0.3) is 0 Å². The van der Waals surface area contributed by atoms with E-state index in [0.29, 0.717) is 30.6 Å². The molecule has 0 radical (unpaired) electrons. The minimum Gasteiger partial charge on any atom is -0.402 e. The Morgan fingerprint density at radius 2 is 2.04 bits per heavy atom. The molecule has 1 aliphatic rings. The van der Waals surface area contributed by atoms with Gasteiger partial charge in [-0.15, -0.1) is 0 Å². The molecule has 1 aliphatic heterocycles. The summed E-state index contributed by atoms with van der Waals surface area (Å²) in [5.74, 6) is 0.0124. The van der Waals surface area contributed by atoms with Crippen LogP contribution in [-0.2, 0) is 4.79 Å². The van der Waals surface area contributed by atoms with E-state index in [1.54, 1.807) is 30.9 Å². The van der Waals surface area contributed by atoms with Crippen LogP contribution in [0.3, 0.4) is 0 Å². The summed E-state index contributed by atoms with van der Waals surface area (Å²) >= 11 is 0. The molecular formula is C19H26FN3O. The van der Waals surface area contributed by atoms with Gasteiger partial charge in [0, 0.05) is 30.8 Å². The molecule has 0 aliphatic carbocycles. The van der Waals surface area contributed by atoms with Crippen LogP contribution in [0.4, 0.5) is 10.1 Å². The average molecular weight is 331 g/mol. The third-order valence-corrected chi connectivity index (χ3v) is 4.63. The van der Waals surface area contributed by atoms with Crippen LogP contribution in [0.2, 0.25) is 0 Å². The van der Waals surface area contributed by atoms with Gasteiger partial charge in [0.1, 0.15) is 5.82 Å². The van der Waals surface area contributed by atoms with E-state index >= 15 is 0 Å². The van der Waals surface area contributed by atoms with Crippen molar-refractivity contribution in [2.75, 3.05) is 13.1 Å². The molecule has 5 heteroatoms. The van der Waals surface area contributed by atoms with Gasteiger partial charge in [0.2, 0.25) is 6.41 Å². The summed E-state index contributed by atoms with van der Waals surface area (Å²) in [5.41, 5.74) is 10.7. The Labute approximate surface area is 143 Å². The monoisotopic (exact) mass is 331 g/mol. The van der Waals surface area contributed by atoms with E-state index in [1.807, 2.05) is 0 Å². The fourth-order valence-electron chi connectivity index (χ4n) is 2.93. The zero-order valence-corrected chi connectivity index (χ0v) is 14.9. The van der Waals surface area contributed by atoms with Crippen molar-refractivity contribution in [3.63, 3.8) is 0 Å². The van der Waals surface area contributed by atoms with Crippen molar-refractivity contribution in [1.82, 2.24) is 4.90 Å². The van der Waals surface area contributed by atoms with Gasteiger partial charge in [-0.3, -0.25) is 9.79 Å². The molecule has 0 spiro atoms. The zero-order valence-electron chi connectivity index (χ0n) is 14.9. The van der Waals surface area contributed by atoms with Crippen LogP contribution < -0.4 is 5.73 Å². The fraction of sp³-hybridized carbons (Fsp3) is 0.474. The van der Waals surface area contributed by atoms with Gasteiger partial charge in [-0.05, 0) is 49.4 Å². The number of halogens is 1. The van der Waals surface area contributed by atoms with E-state index in [9.17, 15) is 9.18 Å². The van der Waals surface area contributed by atoms with Crippen LogP contribution in [0.15, 0.2) is 28.4 Å². The summed E-state index contributed by atoms with van der Waals surface area (Å²) in [6.07, 6.45) is 2.42. The Balaban J connectivity index is 2.51. The Morgan fingerprint density at radius 3 is 2.58 bits per heavy atom. The number of aliphatic imine (C=N–C) groups is 1. The summed E-state index contributed by atoms with van der Waals surface area (Å²) in [4.78, 5) is 17.7. The van der Waals surface area contributed by atoms with Crippen LogP contribution in [0, 0.1) is 25.6 Å². The highest BCUT2D eigenvalue weighted by atomic mass is 19.1. The molecule has 1 unspecified atom stereocenters. The second-order valence-electron chi connectivity index (χ2n) is 6.53. The molecule has 1 amide bonds. The third kappa shape index (κ3) is 3.83. The maximum Gasteiger partial charge on any atom is 0.210 e. The molecule has 1 aromatic rings. The molecule has 1 aromatic carbocycles. The van der Waals surface area contributed by atoms with E-state index < -0.39 is 0 Å². The lowest BCUT2D eigenvalue weighted by atomic mass is 9.91. The highest BCUT2D eigenvalue weighted by Crippen LogP contribution is 2.26. The lowest BCUT2D eigenvalue weighted by Gasteiger charge is -2.29. The minimum absolute atomic E-state index is 0.192. The maximum absolute atomic E-state index is 13.9. The van der Waals surface area contributed by atoms with Crippen LogP contribution in [-0.4, -0.2) is 30.1 Å². The summed E-state index contributed by atoms with van der Waals surface area (Å²) in [6.45, 7) is 8.80. The molecule has 130 valence electrons. The number of hydrogen-bond acceptors (Lipinski definition) is 3. The summed E-state index contributed by atoms with van der Waals surface area (Å²) in [5, 5.41) is 0. The normalized spacial score (nSPS) is 17.2. The van der Waals surface area contributed by atoms with E-state index in [2.05, 4.69) is 13.8 Å². The number of benzene rings is 1. The molecule has 1 heterocycles. The Hall–Kier alpha value is -2.17. The molecule has 4 nitrogen and oxygen atoms in total. The minimum atomic E-state index is -0.192. The lowest BCUT2D eigenvalue weighted by Crippen LogP contribution is -2.36. The Morgan fingerprint density at radius 1 is 1.42 bits per heavy atom. The van der Waals surface area contributed by atoms with Gasteiger partial charge in [-0.2, -0.15) is 0 Å². The number of rotatable bonds is 5. The van der Waals surface area contributed by atoms with Crippen molar-refractivity contribution >= 4 is 17.8 Å². The zero-order chi connectivity index (χ0) is 17.9. The van der Waals surface area contributed by atoms with Crippen molar-refractivity contribution in [3.8, 4) is 0 Å². The van der Waals surface area contributed by atoms with Gasteiger partial charge in [0.15, 0.2) is 0 Å². The first-order valence-electron chi connectivity index (χ1n) is 8.39. The average Bonchev–Trinajstić information content (AvgIpc) is 2.57. The molecule has 0 saturated heterocycles. The Bertz CT molecular complexity index is 671. The molecule has 0 saturated carbocycles. The first-order valence-corrected chi connectivity index (χ1v) is 8.39.